The fourth-order valence-corrected chi connectivity index (χ4v) is 4.00. The van der Waals surface area contributed by atoms with Crippen molar-refractivity contribution in [2.24, 2.45) is 22.7 Å². The summed E-state index contributed by atoms with van der Waals surface area (Å²) >= 11 is 0. The van der Waals surface area contributed by atoms with E-state index < -0.39 is 17.4 Å². The van der Waals surface area contributed by atoms with E-state index in [0.717, 1.165) is 19.3 Å². The number of rotatable bonds is 4. The Kier molecular flexibility index (Phi) is 5.00. The molecule has 2 rings (SSSR count). The highest BCUT2D eigenvalue weighted by atomic mass is 16.4. The van der Waals surface area contributed by atoms with E-state index in [1.54, 1.807) is 6.92 Å². The third-order valence-corrected chi connectivity index (χ3v) is 5.17. The predicted molar refractivity (Wildman–Crippen MR) is 77.4 cm³/mol. The largest absolute Gasteiger partial charge is 0.481 e. The smallest absolute Gasteiger partial charge is 0.314 e. The lowest BCUT2D eigenvalue weighted by Crippen LogP contribution is -2.45. The van der Waals surface area contributed by atoms with Gasteiger partial charge in [-0.1, -0.05) is 39.8 Å². The van der Waals surface area contributed by atoms with Gasteiger partial charge < -0.3 is 10.2 Å². The molecule has 20 heavy (non-hydrogen) atoms. The molecule has 2 N–H and O–H groups in total. The Morgan fingerprint density at radius 3 is 2.05 bits per heavy atom. The van der Waals surface area contributed by atoms with Gasteiger partial charge in [-0.15, -0.1) is 0 Å². The molecule has 114 valence electrons. The van der Waals surface area contributed by atoms with Crippen LogP contribution in [0.5, 0.6) is 0 Å². The van der Waals surface area contributed by atoms with Crippen LogP contribution in [-0.4, -0.2) is 22.2 Å². The standard InChI is InChI=1S/C13H20O2.C3H6O2/c1-4-12(9(2)3)7-10-5-6-13(12,8-10)11(14)15;1-2-3(4)5/h5-6,9-10H,4,7-8H2,1-3H3,(H,14,15);2H2,1H3,(H,4,5). The topological polar surface area (TPSA) is 74.6 Å². The van der Waals surface area contributed by atoms with E-state index in [4.69, 9.17) is 5.11 Å². The van der Waals surface area contributed by atoms with Gasteiger partial charge >= 0.3 is 11.9 Å². The fourth-order valence-electron chi connectivity index (χ4n) is 4.00. The molecule has 0 radical (unpaired) electrons. The maximum absolute atomic E-state index is 11.6. The lowest BCUT2D eigenvalue weighted by molar-refractivity contribution is -0.154. The Hall–Kier alpha value is -1.32. The van der Waals surface area contributed by atoms with E-state index in [0.29, 0.717) is 11.8 Å². The van der Waals surface area contributed by atoms with Crippen molar-refractivity contribution >= 4 is 11.9 Å². The number of hydrogen-bond acceptors (Lipinski definition) is 2. The first-order chi connectivity index (χ1) is 9.25. The number of carboxylic acids is 2. The second-order valence-corrected chi connectivity index (χ2v) is 6.22. The second-order valence-electron chi connectivity index (χ2n) is 6.22. The first-order valence-electron chi connectivity index (χ1n) is 7.40. The average molecular weight is 282 g/mol. The number of carbonyl (C=O) groups is 2. The van der Waals surface area contributed by atoms with Gasteiger partial charge in [-0.25, -0.2) is 0 Å². The normalized spacial score (nSPS) is 34.0. The van der Waals surface area contributed by atoms with Gasteiger partial charge in [-0.05, 0) is 36.5 Å². The summed E-state index contributed by atoms with van der Waals surface area (Å²) in [6.45, 7) is 8.08. The van der Waals surface area contributed by atoms with Gasteiger partial charge in [0.1, 0.15) is 0 Å². The number of allylic oxidation sites excluding steroid dienone is 1. The lowest BCUT2D eigenvalue weighted by Gasteiger charge is -2.45. The van der Waals surface area contributed by atoms with E-state index in [2.05, 4.69) is 26.8 Å². The third-order valence-electron chi connectivity index (χ3n) is 5.17. The highest BCUT2D eigenvalue weighted by Gasteiger charge is 2.63. The van der Waals surface area contributed by atoms with E-state index >= 15 is 0 Å². The predicted octanol–water partition coefficient (Wildman–Crippen LogP) is 3.57. The Balaban J connectivity index is 0.000000347. The molecule has 4 nitrogen and oxygen atoms in total. The Morgan fingerprint density at radius 1 is 1.25 bits per heavy atom. The molecule has 1 saturated carbocycles. The van der Waals surface area contributed by atoms with Crippen LogP contribution in [0, 0.1) is 22.7 Å². The Labute approximate surface area is 120 Å². The molecule has 1 fully saturated rings. The van der Waals surface area contributed by atoms with Crippen molar-refractivity contribution in [1.29, 1.82) is 0 Å². The van der Waals surface area contributed by atoms with Gasteiger partial charge in [-0.3, -0.25) is 9.59 Å². The molecular weight excluding hydrogens is 256 g/mol. The SMILES string of the molecule is CCC(=O)O.CCC1(C(C)C)CC2C=CC1(C(=O)O)C2. The lowest BCUT2D eigenvalue weighted by atomic mass is 9.58. The van der Waals surface area contributed by atoms with Gasteiger partial charge in [-0.2, -0.15) is 0 Å². The van der Waals surface area contributed by atoms with Crippen molar-refractivity contribution in [2.75, 3.05) is 0 Å². The average Bonchev–Trinajstić information content (AvgIpc) is 2.96. The molecule has 3 unspecified atom stereocenters. The molecule has 0 aromatic rings. The first kappa shape index (κ1) is 16.7. The molecule has 4 heteroatoms. The van der Waals surface area contributed by atoms with Crippen molar-refractivity contribution in [2.45, 2.75) is 53.4 Å². The van der Waals surface area contributed by atoms with Crippen LogP contribution >= 0.6 is 0 Å². The monoisotopic (exact) mass is 282 g/mol. The molecule has 2 aliphatic carbocycles. The number of carboxylic acid groups (broad SMARTS) is 2. The number of hydrogen-bond donors (Lipinski definition) is 2. The van der Waals surface area contributed by atoms with Crippen LogP contribution in [0.4, 0.5) is 0 Å². The second kappa shape index (κ2) is 5.98. The summed E-state index contributed by atoms with van der Waals surface area (Å²) in [7, 11) is 0. The maximum Gasteiger partial charge on any atom is 0.314 e. The third kappa shape index (κ3) is 2.48. The minimum absolute atomic E-state index is 0.0156. The quantitative estimate of drug-likeness (QED) is 0.773. The van der Waals surface area contributed by atoms with Crippen LogP contribution < -0.4 is 0 Å². The van der Waals surface area contributed by atoms with Crippen LogP contribution in [0.15, 0.2) is 12.2 Å². The zero-order valence-corrected chi connectivity index (χ0v) is 12.8. The highest BCUT2D eigenvalue weighted by molar-refractivity contribution is 5.80. The summed E-state index contributed by atoms with van der Waals surface area (Å²) in [5.41, 5.74) is -0.584. The summed E-state index contributed by atoms with van der Waals surface area (Å²) in [5, 5.41) is 17.3. The Morgan fingerprint density at radius 2 is 1.80 bits per heavy atom. The van der Waals surface area contributed by atoms with Gasteiger partial charge in [0.15, 0.2) is 0 Å². The van der Waals surface area contributed by atoms with Crippen molar-refractivity contribution in [1.82, 2.24) is 0 Å². The van der Waals surface area contributed by atoms with Crippen molar-refractivity contribution in [3.05, 3.63) is 12.2 Å². The number of aliphatic carboxylic acids is 2. The molecule has 2 aliphatic rings. The molecule has 3 atom stereocenters. The molecule has 0 spiro atoms. The number of fused-ring (bicyclic) bond motifs is 2. The van der Waals surface area contributed by atoms with E-state index in [1.807, 2.05) is 6.08 Å². The van der Waals surface area contributed by atoms with E-state index in [9.17, 15) is 14.7 Å². The summed E-state index contributed by atoms with van der Waals surface area (Å²) in [6.07, 6.45) is 7.17. The Bertz CT molecular complexity index is 413. The highest BCUT2D eigenvalue weighted by Crippen LogP contribution is 2.65. The molecule has 0 amide bonds. The summed E-state index contributed by atoms with van der Waals surface area (Å²) in [5.74, 6) is -0.420. The van der Waals surface area contributed by atoms with Crippen LogP contribution in [-0.2, 0) is 9.59 Å². The zero-order chi connectivity index (χ0) is 15.6. The van der Waals surface area contributed by atoms with Gasteiger partial charge in [0, 0.05) is 6.42 Å². The maximum atomic E-state index is 11.6. The van der Waals surface area contributed by atoms with Crippen LogP contribution in [0.25, 0.3) is 0 Å². The summed E-state index contributed by atoms with van der Waals surface area (Å²) in [6, 6.07) is 0. The minimum Gasteiger partial charge on any atom is -0.481 e. The fraction of sp³-hybridized carbons (Fsp3) is 0.750. The van der Waals surface area contributed by atoms with Crippen molar-refractivity contribution in [3.63, 3.8) is 0 Å². The van der Waals surface area contributed by atoms with Gasteiger partial charge in [0.25, 0.3) is 0 Å². The summed E-state index contributed by atoms with van der Waals surface area (Å²) in [4.78, 5) is 21.0. The molecule has 0 heterocycles. The first-order valence-corrected chi connectivity index (χ1v) is 7.40. The van der Waals surface area contributed by atoms with Crippen molar-refractivity contribution < 1.29 is 19.8 Å². The zero-order valence-electron chi connectivity index (χ0n) is 12.8. The molecular formula is C16H26O4. The molecule has 0 aromatic carbocycles. The molecule has 0 saturated heterocycles. The van der Waals surface area contributed by atoms with Gasteiger partial charge in [0.05, 0.1) is 5.41 Å². The van der Waals surface area contributed by atoms with E-state index in [-0.39, 0.29) is 11.8 Å². The van der Waals surface area contributed by atoms with E-state index in [1.165, 1.54) is 0 Å². The van der Waals surface area contributed by atoms with Crippen LogP contribution in [0.3, 0.4) is 0 Å². The summed E-state index contributed by atoms with van der Waals surface area (Å²) < 4.78 is 0. The van der Waals surface area contributed by atoms with Crippen molar-refractivity contribution in [3.8, 4) is 0 Å². The molecule has 0 aromatic heterocycles. The minimum atomic E-state index is -0.745. The molecule has 2 bridgehead atoms. The van der Waals surface area contributed by atoms with Gasteiger partial charge in [0.2, 0.25) is 0 Å². The van der Waals surface area contributed by atoms with Crippen LogP contribution in [0.1, 0.15) is 53.4 Å². The van der Waals surface area contributed by atoms with Crippen LogP contribution in [0.2, 0.25) is 0 Å². The molecule has 0 aliphatic heterocycles.